The van der Waals surface area contributed by atoms with E-state index in [9.17, 15) is 9.59 Å². The van der Waals surface area contributed by atoms with Crippen LogP contribution in [0.5, 0.6) is 0 Å². The summed E-state index contributed by atoms with van der Waals surface area (Å²) in [6.45, 7) is 2.17. The normalized spacial score (nSPS) is 20.5. The van der Waals surface area contributed by atoms with Gasteiger partial charge < -0.3 is 16.0 Å². The number of benzene rings is 1. The summed E-state index contributed by atoms with van der Waals surface area (Å²) in [4.78, 5) is 25.6. The number of amides is 2. The number of likely N-dealkylation sites (N-methyl/N-ethyl adjacent to an activating group) is 1. The van der Waals surface area contributed by atoms with Gasteiger partial charge in [0.15, 0.2) is 0 Å². The number of rotatable bonds is 2. The van der Waals surface area contributed by atoms with Crippen molar-refractivity contribution in [3.63, 3.8) is 0 Å². The van der Waals surface area contributed by atoms with E-state index < -0.39 is 12.1 Å². The Bertz CT molecular complexity index is 499. The van der Waals surface area contributed by atoms with Gasteiger partial charge in [0.1, 0.15) is 6.04 Å². The van der Waals surface area contributed by atoms with Crippen LogP contribution in [0.25, 0.3) is 0 Å². The van der Waals surface area contributed by atoms with Gasteiger partial charge in [0.05, 0.1) is 6.04 Å². The third kappa shape index (κ3) is 2.93. The number of nitrogens with two attached hydrogens (primary N) is 1. The third-order valence-corrected chi connectivity index (χ3v) is 3.35. The van der Waals surface area contributed by atoms with Crippen LogP contribution >= 0.6 is 0 Å². The molecular weight excluding hydrogens is 242 g/mol. The molecule has 1 aromatic rings. The van der Waals surface area contributed by atoms with Crippen LogP contribution in [0.15, 0.2) is 24.3 Å². The molecule has 0 aliphatic carbocycles. The Kier molecular flexibility index (Phi) is 3.85. The summed E-state index contributed by atoms with van der Waals surface area (Å²) >= 11 is 0. The Morgan fingerprint density at radius 2 is 2.05 bits per heavy atom. The fourth-order valence-electron chi connectivity index (χ4n) is 2.23. The first-order valence-corrected chi connectivity index (χ1v) is 6.36. The average Bonchev–Trinajstić information content (AvgIpc) is 2.49. The molecule has 3 N–H and O–H groups in total. The van der Waals surface area contributed by atoms with Crippen molar-refractivity contribution in [3.8, 4) is 0 Å². The van der Waals surface area contributed by atoms with Gasteiger partial charge in [-0.15, -0.1) is 0 Å². The molecule has 0 spiro atoms. The molecule has 102 valence electrons. The van der Waals surface area contributed by atoms with Gasteiger partial charge in [-0.25, -0.2) is 0 Å². The van der Waals surface area contributed by atoms with Crippen molar-refractivity contribution in [3.05, 3.63) is 35.4 Å². The maximum absolute atomic E-state index is 12.2. The highest BCUT2D eigenvalue weighted by molar-refractivity contribution is 5.90. The third-order valence-electron chi connectivity index (χ3n) is 3.35. The number of carbonyl (C=O) groups excluding carboxylic acids is 2. The van der Waals surface area contributed by atoms with Gasteiger partial charge in [-0.3, -0.25) is 9.59 Å². The van der Waals surface area contributed by atoms with Crippen molar-refractivity contribution < 1.29 is 9.59 Å². The lowest BCUT2D eigenvalue weighted by Gasteiger charge is -2.21. The molecule has 5 nitrogen and oxygen atoms in total. The predicted octanol–water partition coefficient (Wildman–Crippen LogP) is 0.0331. The van der Waals surface area contributed by atoms with E-state index in [4.69, 9.17) is 5.73 Å². The van der Waals surface area contributed by atoms with Crippen LogP contribution in [0.4, 0.5) is 0 Å². The van der Waals surface area contributed by atoms with Crippen molar-refractivity contribution in [1.29, 1.82) is 0 Å². The molecule has 5 heteroatoms. The quantitative estimate of drug-likeness (QED) is 0.789. The van der Waals surface area contributed by atoms with Crippen LogP contribution < -0.4 is 11.1 Å². The zero-order chi connectivity index (χ0) is 14.0. The second kappa shape index (κ2) is 5.40. The summed E-state index contributed by atoms with van der Waals surface area (Å²) < 4.78 is 0. The number of hydrogen-bond acceptors (Lipinski definition) is 3. The molecule has 0 saturated carbocycles. The number of fused-ring (bicyclic) bond motifs is 1. The predicted molar refractivity (Wildman–Crippen MR) is 72.2 cm³/mol. The zero-order valence-corrected chi connectivity index (χ0v) is 11.2. The molecule has 2 atom stereocenters. The van der Waals surface area contributed by atoms with E-state index in [0.717, 1.165) is 11.1 Å². The van der Waals surface area contributed by atoms with Crippen LogP contribution in [0.3, 0.4) is 0 Å². The van der Waals surface area contributed by atoms with Crippen LogP contribution in [0.2, 0.25) is 0 Å². The smallest absolute Gasteiger partial charge is 0.245 e. The highest BCUT2D eigenvalue weighted by Gasteiger charge is 2.29. The Hall–Kier alpha value is -1.88. The lowest BCUT2D eigenvalue weighted by atomic mass is 10.0. The summed E-state index contributed by atoms with van der Waals surface area (Å²) in [5.74, 6) is -0.378. The van der Waals surface area contributed by atoms with E-state index in [1.807, 2.05) is 24.3 Å². The Labute approximate surface area is 112 Å². The zero-order valence-electron chi connectivity index (χ0n) is 11.2. The molecule has 1 aliphatic rings. The second-order valence-corrected chi connectivity index (χ2v) is 5.02. The lowest BCUT2D eigenvalue weighted by Crippen LogP contribution is -2.51. The lowest BCUT2D eigenvalue weighted by molar-refractivity contribution is -0.135. The van der Waals surface area contributed by atoms with Gasteiger partial charge in [-0.05, 0) is 18.1 Å². The van der Waals surface area contributed by atoms with Crippen LogP contribution in [-0.2, 0) is 22.6 Å². The van der Waals surface area contributed by atoms with Crippen LogP contribution in [0.1, 0.15) is 18.1 Å². The van der Waals surface area contributed by atoms with E-state index in [2.05, 4.69) is 5.32 Å². The number of nitrogens with zero attached hydrogens (tertiary/aromatic N) is 1. The first-order chi connectivity index (χ1) is 8.99. The Morgan fingerprint density at radius 1 is 1.42 bits per heavy atom. The minimum absolute atomic E-state index is 0.0785. The molecule has 19 heavy (non-hydrogen) atoms. The molecule has 1 aromatic carbocycles. The van der Waals surface area contributed by atoms with E-state index >= 15 is 0 Å². The molecule has 1 unspecified atom stereocenters. The van der Waals surface area contributed by atoms with Crippen molar-refractivity contribution in [1.82, 2.24) is 10.2 Å². The molecule has 1 aliphatic heterocycles. The SMILES string of the molecule is CC(N)C(=O)N[C@H]1Cc2ccccc2CN(C)C1=O. The number of carbonyl (C=O) groups is 2. The summed E-state index contributed by atoms with van der Waals surface area (Å²) in [5, 5.41) is 2.72. The minimum Gasteiger partial charge on any atom is -0.343 e. The molecule has 1 heterocycles. The first kappa shape index (κ1) is 13.5. The highest BCUT2D eigenvalue weighted by atomic mass is 16.2. The van der Waals surface area contributed by atoms with Crippen molar-refractivity contribution in [2.24, 2.45) is 5.73 Å². The van der Waals surface area contributed by atoms with Crippen molar-refractivity contribution in [2.45, 2.75) is 32.0 Å². The molecular formula is C14H19N3O2. The monoisotopic (exact) mass is 261 g/mol. The standard InChI is InChI=1S/C14H19N3O2/c1-9(15)13(18)16-12-7-10-5-3-4-6-11(10)8-17(2)14(12)19/h3-6,9,12H,7-8,15H2,1-2H3,(H,16,18)/t9?,12-/m0/s1. The van der Waals surface area contributed by atoms with E-state index in [1.165, 1.54) is 0 Å². The molecule has 0 aromatic heterocycles. The molecule has 0 saturated heterocycles. The molecule has 2 amide bonds. The van der Waals surface area contributed by atoms with E-state index in [1.54, 1.807) is 18.9 Å². The van der Waals surface area contributed by atoms with Crippen LogP contribution in [-0.4, -0.2) is 35.8 Å². The molecule has 0 bridgehead atoms. The van der Waals surface area contributed by atoms with Crippen LogP contribution in [0, 0.1) is 0 Å². The summed E-state index contributed by atoms with van der Waals surface area (Å²) in [6, 6.07) is 6.75. The Balaban J connectivity index is 2.24. The summed E-state index contributed by atoms with van der Waals surface area (Å²) in [6.07, 6.45) is 0.512. The minimum atomic E-state index is -0.614. The molecule has 0 fully saturated rings. The summed E-state index contributed by atoms with van der Waals surface area (Å²) in [7, 11) is 1.75. The average molecular weight is 261 g/mol. The second-order valence-electron chi connectivity index (χ2n) is 5.02. The molecule has 2 rings (SSSR count). The largest absolute Gasteiger partial charge is 0.343 e. The fourth-order valence-corrected chi connectivity index (χ4v) is 2.23. The first-order valence-electron chi connectivity index (χ1n) is 6.36. The van der Waals surface area contributed by atoms with E-state index in [-0.39, 0.29) is 11.8 Å². The van der Waals surface area contributed by atoms with Crippen molar-refractivity contribution >= 4 is 11.8 Å². The topological polar surface area (TPSA) is 75.4 Å². The highest BCUT2D eigenvalue weighted by Crippen LogP contribution is 2.18. The number of hydrogen-bond donors (Lipinski definition) is 2. The van der Waals surface area contributed by atoms with Gasteiger partial charge in [0.2, 0.25) is 11.8 Å². The van der Waals surface area contributed by atoms with Gasteiger partial charge in [-0.2, -0.15) is 0 Å². The van der Waals surface area contributed by atoms with Gasteiger partial charge >= 0.3 is 0 Å². The maximum Gasteiger partial charge on any atom is 0.245 e. The summed E-state index contributed by atoms with van der Waals surface area (Å²) in [5.41, 5.74) is 7.74. The fraction of sp³-hybridized carbons (Fsp3) is 0.429. The Morgan fingerprint density at radius 3 is 2.68 bits per heavy atom. The van der Waals surface area contributed by atoms with E-state index in [0.29, 0.717) is 13.0 Å². The number of nitrogens with one attached hydrogen (secondary N) is 1. The van der Waals surface area contributed by atoms with Gasteiger partial charge in [0, 0.05) is 20.0 Å². The maximum atomic E-state index is 12.2. The van der Waals surface area contributed by atoms with Crippen molar-refractivity contribution in [2.75, 3.05) is 7.05 Å². The van der Waals surface area contributed by atoms with Gasteiger partial charge in [0.25, 0.3) is 0 Å². The van der Waals surface area contributed by atoms with Gasteiger partial charge in [-0.1, -0.05) is 24.3 Å². The molecule has 0 radical (unpaired) electrons.